The molecule has 0 aromatic carbocycles. The van der Waals surface area contributed by atoms with Crippen LogP contribution in [0.15, 0.2) is 17.7 Å². The van der Waals surface area contributed by atoms with Crippen molar-refractivity contribution >= 4 is 29.0 Å². The Morgan fingerprint density at radius 3 is 2.83 bits per heavy atom. The molecule has 0 aliphatic heterocycles. The monoisotopic (exact) mass is 202 g/mol. The van der Waals surface area contributed by atoms with Crippen LogP contribution >= 0.6 is 22.9 Å². The van der Waals surface area contributed by atoms with Gasteiger partial charge in [0.05, 0.1) is 10.9 Å². The molecule has 1 N–H and O–H groups in total. The van der Waals surface area contributed by atoms with Crippen LogP contribution in [0.25, 0.3) is 6.08 Å². The van der Waals surface area contributed by atoms with Crippen molar-refractivity contribution in [3.63, 3.8) is 0 Å². The summed E-state index contributed by atoms with van der Waals surface area (Å²) in [7, 11) is 0. The maximum Gasteiger partial charge on any atom is 0.0934 e. The van der Waals surface area contributed by atoms with Gasteiger partial charge in [0, 0.05) is 4.88 Å². The summed E-state index contributed by atoms with van der Waals surface area (Å²) in [5.74, 6) is 0. The van der Waals surface area contributed by atoms with E-state index in [1.807, 2.05) is 25.1 Å². The second-order valence-corrected chi connectivity index (χ2v) is 4.20. The lowest BCUT2D eigenvalue weighted by molar-refractivity contribution is 0.329. The Balaban J connectivity index is 2.78. The second-order valence-electron chi connectivity index (χ2n) is 2.46. The van der Waals surface area contributed by atoms with Crippen molar-refractivity contribution in [1.82, 2.24) is 0 Å². The van der Waals surface area contributed by atoms with Crippen molar-refractivity contribution in [3.05, 3.63) is 26.9 Å². The van der Waals surface area contributed by atoms with Crippen LogP contribution in [-0.2, 0) is 0 Å². The molecule has 1 aromatic rings. The lowest BCUT2D eigenvalue weighted by atomic mass is 10.2. The number of aliphatic hydroxyl groups is 1. The van der Waals surface area contributed by atoms with E-state index in [1.165, 1.54) is 11.3 Å². The van der Waals surface area contributed by atoms with Crippen LogP contribution in [0.2, 0.25) is 4.34 Å². The molecule has 0 aliphatic rings. The Morgan fingerprint density at radius 2 is 2.42 bits per heavy atom. The van der Waals surface area contributed by atoms with Crippen LogP contribution in [0.1, 0.15) is 18.2 Å². The SMILES string of the molecule is CCC(=Cc1ccc(Cl)s1)CO. The van der Waals surface area contributed by atoms with Crippen molar-refractivity contribution in [2.45, 2.75) is 13.3 Å². The van der Waals surface area contributed by atoms with Gasteiger partial charge in [0.2, 0.25) is 0 Å². The molecule has 0 aliphatic carbocycles. The van der Waals surface area contributed by atoms with Crippen molar-refractivity contribution in [2.75, 3.05) is 6.61 Å². The van der Waals surface area contributed by atoms with Gasteiger partial charge in [0.25, 0.3) is 0 Å². The fourth-order valence-corrected chi connectivity index (χ4v) is 1.92. The van der Waals surface area contributed by atoms with E-state index in [4.69, 9.17) is 16.7 Å². The van der Waals surface area contributed by atoms with Crippen molar-refractivity contribution in [3.8, 4) is 0 Å². The molecule has 1 nitrogen and oxygen atoms in total. The molecule has 1 aromatic heterocycles. The number of hydrogen-bond donors (Lipinski definition) is 1. The van der Waals surface area contributed by atoms with E-state index >= 15 is 0 Å². The third-order valence-corrected chi connectivity index (χ3v) is 2.78. The predicted molar refractivity (Wildman–Crippen MR) is 54.7 cm³/mol. The summed E-state index contributed by atoms with van der Waals surface area (Å²) in [5.41, 5.74) is 1.04. The van der Waals surface area contributed by atoms with E-state index in [0.29, 0.717) is 0 Å². The molecule has 0 saturated carbocycles. The summed E-state index contributed by atoms with van der Waals surface area (Å²) < 4.78 is 0.787. The van der Waals surface area contributed by atoms with Crippen LogP contribution < -0.4 is 0 Å². The Hall–Kier alpha value is -0.310. The highest BCUT2D eigenvalue weighted by atomic mass is 35.5. The van der Waals surface area contributed by atoms with Crippen molar-refractivity contribution < 1.29 is 5.11 Å². The van der Waals surface area contributed by atoms with Gasteiger partial charge in [-0.3, -0.25) is 0 Å². The van der Waals surface area contributed by atoms with Gasteiger partial charge in [-0.1, -0.05) is 18.5 Å². The Morgan fingerprint density at radius 1 is 1.67 bits per heavy atom. The first-order valence-corrected chi connectivity index (χ1v) is 5.01. The molecule has 0 radical (unpaired) electrons. The Bertz CT molecular complexity index is 272. The summed E-state index contributed by atoms with van der Waals surface area (Å²) in [6, 6.07) is 3.82. The van der Waals surface area contributed by atoms with Crippen LogP contribution in [0.4, 0.5) is 0 Å². The van der Waals surface area contributed by atoms with Crippen LogP contribution in [-0.4, -0.2) is 11.7 Å². The van der Waals surface area contributed by atoms with E-state index in [-0.39, 0.29) is 6.61 Å². The summed E-state index contributed by atoms with van der Waals surface area (Å²) in [5, 5.41) is 8.90. The summed E-state index contributed by atoms with van der Waals surface area (Å²) in [4.78, 5) is 1.10. The molecule has 0 bridgehead atoms. The molecule has 0 atom stereocenters. The zero-order chi connectivity index (χ0) is 8.97. The smallest absolute Gasteiger partial charge is 0.0934 e. The molecular weight excluding hydrogens is 192 g/mol. The van der Waals surface area contributed by atoms with E-state index < -0.39 is 0 Å². The first-order chi connectivity index (χ1) is 5.76. The summed E-state index contributed by atoms with van der Waals surface area (Å²) >= 11 is 7.28. The highest BCUT2D eigenvalue weighted by molar-refractivity contribution is 7.17. The van der Waals surface area contributed by atoms with Crippen LogP contribution in [0, 0.1) is 0 Å². The number of thiophene rings is 1. The molecule has 0 amide bonds. The molecular formula is C9H11ClOS. The maximum atomic E-state index is 8.90. The zero-order valence-electron chi connectivity index (χ0n) is 6.88. The Labute approximate surface area is 81.3 Å². The fraction of sp³-hybridized carbons (Fsp3) is 0.333. The van der Waals surface area contributed by atoms with Crippen LogP contribution in [0.5, 0.6) is 0 Å². The van der Waals surface area contributed by atoms with E-state index in [1.54, 1.807) is 0 Å². The third-order valence-electron chi connectivity index (χ3n) is 1.60. The van der Waals surface area contributed by atoms with Crippen LogP contribution in [0.3, 0.4) is 0 Å². The molecule has 12 heavy (non-hydrogen) atoms. The van der Waals surface area contributed by atoms with E-state index in [9.17, 15) is 0 Å². The fourth-order valence-electron chi connectivity index (χ4n) is 0.867. The molecule has 3 heteroatoms. The zero-order valence-corrected chi connectivity index (χ0v) is 8.45. The third kappa shape index (κ3) is 2.63. The minimum absolute atomic E-state index is 0.131. The number of halogens is 1. The van der Waals surface area contributed by atoms with Gasteiger partial charge < -0.3 is 5.11 Å². The normalized spacial score (nSPS) is 12.1. The minimum atomic E-state index is 0.131. The molecule has 0 fully saturated rings. The van der Waals surface area contributed by atoms with Gasteiger partial charge in [-0.15, -0.1) is 11.3 Å². The van der Waals surface area contributed by atoms with Gasteiger partial charge in [-0.2, -0.15) is 0 Å². The standard InChI is InChI=1S/C9H11ClOS/c1-2-7(6-11)5-8-3-4-9(10)12-8/h3-5,11H,2,6H2,1H3. The van der Waals surface area contributed by atoms with Gasteiger partial charge in [-0.25, -0.2) is 0 Å². The number of hydrogen-bond acceptors (Lipinski definition) is 2. The number of aliphatic hydroxyl groups excluding tert-OH is 1. The molecule has 1 rings (SSSR count). The lowest BCUT2D eigenvalue weighted by Crippen LogP contribution is -1.86. The quantitative estimate of drug-likeness (QED) is 0.798. The predicted octanol–water partition coefficient (Wildman–Crippen LogP) is 3.19. The largest absolute Gasteiger partial charge is 0.392 e. The minimum Gasteiger partial charge on any atom is -0.392 e. The average molecular weight is 203 g/mol. The van der Waals surface area contributed by atoms with Gasteiger partial charge >= 0.3 is 0 Å². The molecule has 0 spiro atoms. The number of rotatable bonds is 3. The Kier molecular flexibility index (Phi) is 3.79. The van der Waals surface area contributed by atoms with Gasteiger partial charge in [0.15, 0.2) is 0 Å². The molecule has 0 unspecified atom stereocenters. The van der Waals surface area contributed by atoms with E-state index in [0.717, 1.165) is 21.2 Å². The molecule has 1 heterocycles. The summed E-state index contributed by atoms with van der Waals surface area (Å²) in [6.07, 6.45) is 2.86. The molecule has 0 saturated heterocycles. The van der Waals surface area contributed by atoms with Gasteiger partial charge in [0.1, 0.15) is 0 Å². The highest BCUT2D eigenvalue weighted by Crippen LogP contribution is 2.23. The van der Waals surface area contributed by atoms with Crippen molar-refractivity contribution in [2.24, 2.45) is 0 Å². The molecule has 66 valence electrons. The van der Waals surface area contributed by atoms with E-state index in [2.05, 4.69) is 0 Å². The second kappa shape index (κ2) is 4.65. The summed E-state index contributed by atoms with van der Waals surface area (Å²) in [6.45, 7) is 2.16. The maximum absolute atomic E-state index is 8.90. The topological polar surface area (TPSA) is 20.2 Å². The first kappa shape index (κ1) is 9.78. The van der Waals surface area contributed by atoms with Crippen molar-refractivity contribution in [1.29, 1.82) is 0 Å². The highest BCUT2D eigenvalue weighted by Gasteiger charge is 1.96. The first-order valence-electron chi connectivity index (χ1n) is 3.82. The lowest BCUT2D eigenvalue weighted by Gasteiger charge is -1.96. The van der Waals surface area contributed by atoms with Gasteiger partial charge in [-0.05, 0) is 30.2 Å². The average Bonchev–Trinajstić information content (AvgIpc) is 2.47.